The molecule has 0 unspecified atom stereocenters. The molecule has 0 fully saturated rings. The van der Waals surface area contributed by atoms with Crippen molar-refractivity contribution in [3.8, 4) is 0 Å². The SMILES string of the molecule is CNc1c(F)cc(C(N)=S)cc1F. The molecule has 1 rings (SSSR count). The van der Waals surface area contributed by atoms with Crippen LogP contribution in [0.2, 0.25) is 0 Å². The van der Waals surface area contributed by atoms with E-state index in [4.69, 9.17) is 5.73 Å². The molecule has 0 aliphatic rings. The number of nitrogens with two attached hydrogens (primary N) is 1. The van der Waals surface area contributed by atoms with Gasteiger partial charge in [0.05, 0.1) is 0 Å². The van der Waals surface area contributed by atoms with E-state index in [2.05, 4.69) is 17.5 Å². The Morgan fingerprint density at radius 3 is 2.15 bits per heavy atom. The van der Waals surface area contributed by atoms with Crippen LogP contribution in [0.5, 0.6) is 0 Å². The van der Waals surface area contributed by atoms with E-state index >= 15 is 0 Å². The Balaban J connectivity index is 3.28. The van der Waals surface area contributed by atoms with Crippen molar-refractivity contribution in [2.24, 2.45) is 5.73 Å². The van der Waals surface area contributed by atoms with Gasteiger partial charge in [0.1, 0.15) is 22.3 Å². The Kier molecular flexibility index (Phi) is 2.77. The van der Waals surface area contributed by atoms with Gasteiger partial charge in [0.25, 0.3) is 0 Å². The molecule has 0 atom stereocenters. The molecule has 1 aromatic carbocycles. The molecule has 3 N–H and O–H groups in total. The van der Waals surface area contributed by atoms with E-state index in [-0.39, 0.29) is 16.2 Å². The average Bonchev–Trinajstić information content (AvgIpc) is 2.03. The van der Waals surface area contributed by atoms with Crippen LogP contribution in [0.4, 0.5) is 14.5 Å². The van der Waals surface area contributed by atoms with Crippen LogP contribution in [0.1, 0.15) is 5.56 Å². The van der Waals surface area contributed by atoms with Gasteiger partial charge >= 0.3 is 0 Å². The summed E-state index contributed by atoms with van der Waals surface area (Å²) in [6.07, 6.45) is 0. The summed E-state index contributed by atoms with van der Waals surface area (Å²) in [6, 6.07) is 2.19. The predicted molar refractivity (Wildman–Crippen MR) is 51.8 cm³/mol. The monoisotopic (exact) mass is 202 g/mol. The highest BCUT2D eigenvalue weighted by atomic mass is 32.1. The Labute approximate surface area is 79.7 Å². The highest BCUT2D eigenvalue weighted by Gasteiger charge is 2.10. The van der Waals surface area contributed by atoms with Gasteiger partial charge in [-0.05, 0) is 12.1 Å². The molecule has 0 heterocycles. The Morgan fingerprint density at radius 2 is 1.85 bits per heavy atom. The van der Waals surface area contributed by atoms with Crippen molar-refractivity contribution in [3.63, 3.8) is 0 Å². The summed E-state index contributed by atoms with van der Waals surface area (Å²) in [6.45, 7) is 0. The maximum atomic E-state index is 13.1. The lowest BCUT2D eigenvalue weighted by atomic mass is 10.2. The van der Waals surface area contributed by atoms with Crippen molar-refractivity contribution in [2.75, 3.05) is 12.4 Å². The van der Waals surface area contributed by atoms with Crippen molar-refractivity contribution in [1.82, 2.24) is 0 Å². The molecule has 13 heavy (non-hydrogen) atoms. The number of rotatable bonds is 2. The van der Waals surface area contributed by atoms with Gasteiger partial charge in [-0.3, -0.25) is 0 Å². The third-order valence-corrected chi connectivity index (χ3v) is 1.81. The van der Waals surface area contributed by atoms with E-state index in [9.17, 15) is 8.78 Å². The van der Waals surface area contributed by atoms with E-state index in [0.717, 1.165) is 12.1 Å². The quantitative estimate of drug-likeness (QED) is 0.716. The zero-order valence-corrected chi connectivity index (χ0v) is 7.71. The lowest BCUT2D eigenvalue weighted by Gasteiger charge is -2.05. The number of anilines is 1. The van der Waals surface area contributed by atoms with Gasteiger partial charge < -0.3 is 11.1 Å². The summed E-state index contributed by atoms with van der Waals surface area (Å²) in [5, 5.41) is 2.40. The molecule has 0 amide bonds. The number of benzene rings is 1. The van der Waals surface area contributed by atoms with Crippen molar-refractivity contribution < 1.29 is 8.78 Å². The number of thiocarbonyl (C=S) groups is 1. The zero-order valence-electron chi connectivity index (χ0n) is 6.90. The normalized spacial score (nSPS) is 9.77. The van der Waals surface area contributed by atoms with Gasteiger partial charge in [-0.2, -0.15) is 0 Å². The van der Waals surface area contributed by atoms with Gasteiger partial charge in [0, 0.05) is 12.6 Å². The number of hydrogen-bond donors (Lipinski definition) is 2. The third-order valence-electron chi connectivity index (χ3n) is 1.58. The molecular weight excluding hydrogens is 194 g/mol. The maximum absolute atomic E-state index is 13.1. The first kappa shape index (κ1) is 9.85. The standard InChI is InChI=1S/C8H8F2N2S/c1-12-7-5(9)2-4(8(11)13)3-6(7)10/h2-3,12H,1H3,(H2,11,13). The van der Waals surface area contributed by atoms with Gasteiger partial charge in [0.2, 0.25) is 0 Å². The third kappa shape index (κ3) is 1.92. The minimum absolute atomic E-state index is 0.0274. The van der Waals surface area contributed by atoms with Crippen LogP contribution >= 0.6 is 12.2 Å². The van der Waals surface area contributed by atoms with E-state index in [1.165, 1.54) is 7.05 Å². The van der Waals surface area contributed by atoms with E-state index in [1.54, 1.807) is 0 Å². The first-order valence-electron chi connectivity index (χ1n) is 3.53. The largest absolute Gasteiger partial charge is 0.389 e. The molecule has 2 nitrogen and oxygen atoms in total. The fourth-order valence-electron chi connectivity index (χ4n) is 0.954. The molecule has 0 spiro atoms. The lowest BCUT2D eigenvalue weighted by Crippen LogP contribution is -2.11. The fourth-order valence-corrected chi connectivity index (χ4v) is 1.07. The molecule has 0 saturated heterocycles. The van der Waals surface area contributed by atoms with E-state index in [1.807, 2.05) is 0 Å². The number of halogens is 2. The second-order valence-corrected chi connectivity index (χ2v) is 2.87. The van der Waals surface area contributed by atoms with Crippen LogP contribution < -0.4 is 11.1 Å². The molecule has 5 heteroatoms. The lowest BCUT2D eigenvalue weighted by molar-refractivity contribution is 0.589. The van der Waals surface area contributed by atoms with Gasteiger partial charge in [-0.1, -0.05) is 12.2 Å². The Morgan fingerprint density at radius 1 is 1.38 bits per heavy atom. The predicted octanol–water partition coefficient (Wildman–Crippen LogP) is 1.64. The maximum Gasteiger partial charge on any atom is 0.150 e. The first-order valence-corrected chi connectivity index (χ1v) is 3.93. The molecule has 0 radical (unpaired) electrons. The second kappa shape index (κ2) is 3.66. The Bertz CT molecular complexity index is 329. The van der Waals surface area contributed by atoms with Gasteiger partial charge in [-0.25, -0.2) is 8.78 Å². The Hall–Kier alpha value is -1.23. The molecule has 0 aliphatic carbocycles. The summed E-state index contributed by atoms with van der Waals surface area (Å²) in [4.78, 5) is -0.0274. The topological polar surface area (TPSA) is 38.0 Å². The molecule has 0 aliphatic heterocycles. The molecule has 70 valence electrons. The second-order valence-electron chi connectivity index (χ2n) is 2.43. The van der Waals surface area contributed by atoms with Crippen LogP contribution in [0.3, 0.4) is 0 Å². The highest BCUT2D eigenvalue weighted by molar-refractivity contribution is 7.80. The fraction of sp³-hybridized carbons (Fsp3) is 0.125. The minimum Gasteiger partial charge on any atom is -0.389 e. The van der Waals surface area contributed by atoms with Crippen LogP contribution in [0, 0.1) is 11.6 Å². The average molecular weight is 202 g/mol. The zero-order chi connectivity index (χ0) is 10.0. The van der Waals surface area contributed by atoms with Crippen LogP contribution in [0.25, 0.3) is 0 Å². The summed E-state index contributed by atoms with van der Waals surface area (Å²) in [7, 11) is 1.43. The van der Waals surface area contributed by atoms with Crippen LogP contribution in [0.15, 0.2) is 12.1 Å². The van der Waals surface area contributed by atoms with E-state index in [0.29, 0.717) is 0 Å². The van der Waals surface area contributed by atoms with Gasteiger partial charge in [-0.15, -0.1) is 0 Å². The van der Waals surface area contributed by atoms with Crippen molar-refractivity contribution in [3.05, 3.63) is 29.3 Å². The number of hydrogen-bond acceptors (Lipinski definition) is 2. The van der Waals surface area contributed by atoms with Crippen LogP contribution in [-0.4, -0.2) is 12.0 Å². The van der Waals surface area contributed by atoms with Crippen molar-refractivity contribution in [1.29, 1.82) is 0 Å². The van der Waals surface area contributed by atoms with Crippen molar-refractivity contribution in [2.45, 2.75) is 0 Å². The van der Waals surface area contributed by atoms with Gasteiger partial charge in [0.15, 0.2) is 0 Å². The molecule has 0 saturated carbocycles. The summed E-state index contributed by atoms with van der Waals surface area (Å²) >= 11 is 4.58. The summed E-state index contributed by atoms with van der Waals surface area (Å²) in [5.41, 5.74) is 5.22. The molecule has 1 aromatic rings. The molecule has 0 bridgehead atoms. The number of nitrogens with one attached hydrogen (secondary N) is 1. The van der Waals surface area contributed by atoms with E-state index < -0.39 is 11.6 Å². The molecular formula is C8H8F2N2S. The highest BCUT2D eigenvalue weighted by Crippen LogP contribution is 2.19. The minimum atomic E-state index is -0.703. The van der Waals surface area contributed by atoms with Crippen molar-refractivity contribution >= 4 is 22.9 Å². The summed E-state index contributed by atoms with van der Waals surface area (Å²) in [5.74, 6) is -1.41. The summed E-state index contributed by atoms with van der Waals surface area (Å²) < 4.78 is 26.1. The van der Waals surface area contributed by atoms with Crippen LogP contribution in [-0.2, 0) is 0 Å². The first-order chi connectivity index (χ1) is 6.06. The molecule has 0 aromatic heterocycles. The smallest absolute Gasteiger partial charge is 0.150 e.